The van der Waals surface area contributed by atoms with Crippen molar-refractivity contribution in [2.45, 2.75) is 44.1 Å². The van der Waals surface area contributed by atoms with Crippen molar-refractivity contribution in [1.29, 1.82) is 5.26 Å². The van der Waals surface area contributed by atoms with E-state index in [0.717, 1.165) is 54.4 Å². The van der Waals surface area contributed by atoms with Crippen molar-refractivity contribution in [1.82, 2.24) is 33.3 Å². The zero-order chi connectivity index (χ0) is 23.3. The number of aromatic amines is 1. The van der Waals surface area contributed by atoms with Crippen molar-refractivity contribution in [3.8, 4) is 17.3 Å². The van der Waals surface area contributed by atoms with E-state index in [0.29, 0.717) is 32.6 Å². The molecule has 0 spiro atoms. The number of H-pyrrole nitrogens is 1. The van der Waals surface area contributed by atoms with E-state index in [2.05, 4.69) is 26.1 Å². The molecule has 178 valence electrons. The Morgan fingerprint density at radius 3 is 2.62 bits per heavy atom. The molecule has 0 amide bonds. The van der Waals surface area contributed by atoms with Gasteiger partial charge in [-0.25, -0.2) is 9.97 Å². The van der Waals surface area contributed by atoms with Crippen LogP contribution in [0.3, 0.4) is 0 Å². The van der Waals surface area contributed by atoms with Crippen LogP contribution in [0.5, 0.6) is 0 Å². The first-order valence-corrected chi connectivity index (χ1v) is 13.4. The van der Waals surface area contributed by atoms with Crippen LogP contribution >= 0.6 is 0 Å². The molecule has 34 heavy (non-hydrogen) atoms. The molecule has 0 bridgehead atoms. The number of nitrogens with zero attached hydrogens (tertiary/aromatic N) is 7. The van der Waals surface area contributed by atoms with Gasteiger partial charge >= 0.3 is 0 Å². The van der Waals surface area contributed by atoms with E-state index in [1.165, 1.54) is 6.33 Å². The molecule has 2 aliphatic heterocycles. The van der Waals surface area contributed by atoms with E-state index in [1.54, 1.807) is 14.8 Å². The van der Waals surface area contributed by atoms with Gasteiger partial charge in [0.2, 0.25) is 0 Å². The van der Waals surface area contributed by atoms with Gasteiger partial charge in [-0.2, -0.15) is 27.4 Å². The van der Waals surface area contributed by atoms with Gasteiger partial charge in [-0.1, -0.05) is 6.42 Å². The van der Waals surface area contributed by atoms with Crippen molar-refractivity contribution in [2.75, 3.05) is 26.2 Å². The first kappa shape index (κ1) is 21.7. The lowest BCUT2D eigenvalue weighted by molar-refractivity contribution is 0.236. The molecule has 5 heterocycles. The van der Waals surface area contributed by atoms with Crippen molar-refractivity contribution in [3.05, 3.63) is 31.0 Å². The van der Waals surface area contributed by atoms with Gasteiger partial charge in [0.25, 0.3) is 10.2 Å². The van der Waals surface area contributed by atoms with Crippen LogP contribution in [0.4, 0.5) is 0 Å². The van der Waals surface area contributed by atoms with Gasteiger partial charge in [-0.3, -0.25) is 4.68 Å². The number of fused-ring (bicyclic) bond motifs is 2. The zero-order valence-electron chi connectivity index (χ0n) is 19.0. The summed E-state index contributed by atoms with van der Waals surface area (Å²) in [7, 11) is -3.40. The Morgan fingerprint density at radius 2 is 1.88 bits per heavy atom. The van der Waals surface area contributed by atoms with Gasteiger partial charge in [0.1, 0.15) is 12.0 Å². The first-order valence-electron chi connectivity index (χ1n) is 12.0. The summed E-state index contributed by atoms with van der Waals surface area (Å²) in [6, 6.07) is 4.32. The number of nitriles is 1. The third kappa shape index (κ3) is 3.43. The molecule has 11 heteroatoms. The van der Waals surface area contributed by atoms with Crippen molar-refractivity contribution >= 4 is 21.2 Å². The molecule has 3 aromatic rings. The molecule has 3 aromatic heterocycles. The van der Waals surface area contributed by atoms with E-state index in [4.69, 9.17) is 0 Å². The minimum Gasteiger partial charge on any atom is -0.346 e. The minimum absolute atomic E-state index is 0.232. The number of piperidine rings is 1. The summed E-state index contributed by atoms with van der Waals surface area (Å²) in [5, 5.41) is 15.3. The molecule has 0 unspecified atom stereocenters. The van der Waals surface area contributed by atoms with Crippen molar-refractivity contribution in [2.24, 2.45) is 11.8 Å². The first-order chi connectivity index (χ1) is 16.5. The van der Waals surface area contributed by atoms with Crippen LogP contribution in [0.15, 0.2) is 31.0 Å². The Morgan fingerprint density at radius 1 is 1.12 bits per heavy atom. The molecule has 1 N–H and O–H groups in total. The Balaban J connectivity index is 1.24. The van der Waals surface area contributed by atoms with Crippen LogP contribution < -0.4 is 0 Å². The Labute approximate surface area is 198 Å². The molecule has 2 saturated heterocycles. The predicted molar refractivity (Wildman–Crippen MR) is 125 cm³/mol. The van der Waals surface area contributed by atoms with E-state index < -0.39 is 15.7 Å². The fraction of sp³-hybridized carbons (Fsp3) is 0.565. The normalized spacial score (nSPS) is 28.3. The molecule has 3 atom stereocenters. The Kier molecular flexibility index (Phi) is 5.20. The zero-order valence-corrected chi connectivity index (χ0v) is 19.8. The molecule has 6 rings (SSSR count). The smallest absolute Gasteiger partial charge is 0.281 e. The van der Waals surface area contributed by atoms with Crippen molar-refractivity contribution in [3.63, 3.8) is 0 Å². The SMILES string of the molecule is N#CC[C@@]1(n2cc(-c3ncnc4[nH]ccc34)cn2)C[C@H]2CN(S(=O)(=O)N3CCCCC3)C[C@H]2C1. The summed E-state index contributed by atoms with van der Waals surface area (Å²) >= 11 is 0. The van der Waals surface area contributed by atoms with Crippen molar-refractivity contribution < 1.29 is 8.42 Å². The summed E-state index contributed by atoms with van der Waals surface area (Å²) in [6.07, 6.45) is 12.0. The third-order valence-electron chi connectivity index (χ3n) is 7.90. The fourth-order valence-corrected chi connectivity index (χ4v) is 8.04. The molecule has 0 aromatic carbocycles. The quantitative estimate of drug-likeness (QED) is 0.598. The maximum absolute atomic E-state index is 13.2. The largest absolute Gasteiger partial charge is 0.346 e. The molecule has 10 nitrogen and oxygen atoms in total. The minimum atomic E-state index is -3.40. The van der Waals surface area contributed by atoms with Gasteiger partial charge in [-0.15, -0.1) is 0 Å². The third-order valence-corrected chi connectivity index (χ3v) is 9.87. The topological polar surface area (TPSA) is 124 Å². The average molecular weight is 481 g/mol. The Hall–Kier alpha value is -2.81. The van der Waals surface area contributed by atoms with Gasteiger partial charge in [0.15, 0.2) is 0 Å². The van der Waals surface area contributed by atoms with Gasteiger partial charge in [0, 0.05) is 49.5 Å². The molecule has 3 aliphatic rings. The highest BCUT2D eigenvalue weighted by Gasteiger charge is 2.53. The summed E-state index contributed by atoms with van der Waals surface area (Å²) in [6.45, 7) is 2.31. The van der Waals surface area contributed by atoms with Gasteiger partial charge in [-0.05, 0) is 43.6 Å². The molecule has 3 fully saturated rings. The lowest BCUT2D eigenvalue weighted by atomic mass is 9.92. The second-order valence-corrected chi connectivity index (χ2v) is 11.8. The standard InChI is InChI=1S/C23H28N8O2S/c24-6-5-23(31-15-19(12-28-31)21-20-4-7-25-22(20)27-16-26-21)10-17-13-30(14-18(17)11-23)34(32,33)29-8-2-1-3-9-29/h4,7,12,15-18H,1-3,5,8-11,13-14H2,(H,25,26,27)/t17-,18+,23+. The second-order valence-electron chi connectivity index (χ2n) is 9.91. The van der Waals surface area contributed by atoms with E-state index in [9.17, 15) is 13.7 Å². The molecular weight excluding hydrogens is 452 g/mol. The number of hydrogen-bond donors (Lipinski definition) is 1. The maximum atomic E-state index is 13.2. The molecular formula is C23H28N8O2S. The Bertz CT molecular complexity index is 1340. The highest BCUT2D eigenvalue weighted by Crippen LogP contribution is 2.50. The molecule has 1 aliphatic carbocycles. The lowest BCUT2D eigenvalue weighted by Crippen LogP contribution is -2.46. The van der Waals surface area contributed by atoms with Crippen LogP contribution in [0.2, 0.25) is 0 Å². The highest BCUT2D eigenvalue weighted by atomic mass is 32.2. The molecule has 0 radical (unpaired) electrons. The summed E-state index contributed by atoms with van der Waals surface area (Å²) in [4.78, 5) is 11.8. The lowest BCUT2D eigenvalue weighted by Gasteiger charge is -2.32. The summed E-state index contributed by atoms with van der Waals surface area (Å²) in [5.41, 5.74) is 2.04. The summed E-state index contributed by atoms with van der Waals surface area (Å²) < 4.78 is 31.7. The summed E-state index contributed by atoms with van der Waals surface area (Å²) in [5.74, 6) is 0.465. The van der Waals surface area contributed by atoms with E-state index >= 15 is 0 Å². The van der Waals surface area contributed by atoms with E-state index in [-0.39, 0.29) is 11.8 Å². The van der Waals surface area contributed by atoms with Crippen LogP contribution in [0.25, 0.3) is 22.3 Å². The van der Waals surface area contributed by atoms with Crippen LogP contribution in [0.1, 0.15) is 38.5 Å². The van der Waals surface area contributed by atoms with Crippen LogP contribution in [-0.4, -0.2) is 67.9 Å². The van der Waals surface area contributed by atoms with Gasteiger partial charge in [0.05, 0.1) is 29.9 Å². The monoisotopic (exact) mass is 480 g/mol. The second kappa shape index (κ2) is 8.15. The van der Waals surface area contributed by atoms with E-state index in [1.807, 2.05) is 23.1 Å². The van der Waals surface area contributed by atoms with Crippen LogP contribution in [0, 0.1) is 23.2 Å². The predicted octanol–water partition coefficient (Wildman–Crippen LogP) is 2.50. The highest BCUT2D eigenvalue weighted by molar-refractivity contribution is 7.86. The van der Waals surface area contributed by atoms with Gasteiger partial charge < -0.3 is 4.98 Å². The average Bonchev–Trinajstić information content (AvgIpc) is 3.62. The number of hydrogen-bond acceptors (Lipinski definition) is 6. The maximum Gasteiger partial charge on any atom is 0.281 e. The molecule has 1 saturated carbocycles. The number of aromatic nitrogens is 5. The van der Waals surface area contributed by atoms with Crippen LogP contribution in [-0.2, 0) is 15.7 Å². The number of rotatable bonds is 5. The number of nitrogens with one attached hydrogen (secondary N) is 1. The fourth-order valence-electron chi connectivity index (χ4n) is 6.23.